The third-order valence-corrected chi connectivity index (χ3v) is 4.00. The fourth-order valence-corrected chi connectivity index (χ4v) is 2.82. The van der Waals surface area contributed by atoms with E-state index in [1.807, 2.05) is 0 Å². The van der Waals surface area contributed by atoms with Crippen LogP contribution in [0.15, 0.2) is 24.3 Å². The number of carbonyl (C=O) groups excluding carboxylic acids is 4. The van der Waals surface area contributed by atoms with E-state index in [-0.39, 0.29) is 30.5 Å². The molecule has 2 heterocycles. The maximum atomic E-state index is 12.5. The minimum absolute atomic E-state index is 0.0380. The Morgan fingerprint density at radius 2 is 1.67 bits per heavy atom. The van der Waals surface area contributed by atoms with Crippen molar-refractivity contribution in [1.29, 1.82) is 0 Å². The third-order valence-electron chi connectivity index (χ3n) is 4.00. The summed E-state index contributed by atoms with van der Waals surface area (Å²) in [4.78, 5) is 49.4. The SMILES string of the molecule is NCC1(N2C(=O)c3ccccc3C2=O)CCC(=O)NC1=O. The maximum Gasteiger partial charge on any atom is 0.262 e. The van der Waals surface area contributed by atoms with Crippen molar-refractivity contribution >= 4 is 23.6 Å². The molecule has 1 saturated heterocycles. The Balaban J connectivity index is 2.08. The highest BCUT2D eigenvalue weighted by Gasteiger charge is 2.54. The summed E-state index contributed by atoms with van der Waals surface area (Å²) < 4.78 is 0. The van der Waals surface area contributed by atoms with Crippen molar-refractivity contribution in [3.8, 4) is 0 Å². The lowest BCUT2D eigenvalue weighted by molar-refractivity contribution is -0.141. The summed E-state index contributed by atoms with van der Waals surface area (Å²) in [6.45, 7) is -0.225. The summed E-state index contributed by atoms with van der Waals surface area (Å²) in [6, 6.07) is 6.36. The summed E-state index contributed by atoms with van der Waals surface area (Å²) >= 11 is 0. The predicted molar refractivity (Wildman–Crippen MR) is 71.1 cm³/mol. The Bertz CT molecular complexity index is 650. The molecular formula is C14H13N3O4. The van der Waals surface area contributed by atoms with Gasteiger partial charge in [0.2, 0.25) is 5.91 Å². The fourth-order valence-electron chi connectivity index (χ4n) is 2.82. The highest BCUT2D eigenvalue weighted by Crippen LogP contribution is 2.33. The Kier molecular flexibility index (Phi) is 2.87. The van der Waals surface area contributed by atoms with Gasteiger partial charge in [-0.05, 0) is 18.6 Å². The molecule has 108 valence electrons. The van der Waals surface area contributed by atoms with Gasteiger partial charge in [-0.1, -0.05) is 12.1 Å². The summed E-state index contributed by atoms with van der Waals surface area (Å²) in [7, 11) is 0. The number of hydrogen-bond acceptors (Lipinski definition) is 5. The first kappa shape index (κ1) is 13.4. The van der Waals surface area contributed by atoms with Crippen LogP contribution < -0.4 is 11.1 Å². The number of hydrogen-bond donors (Lipinski definition) is 2. The zero-order valence-corrected chi connectivity index (χ0v) is 11.1. The van der Waals surface area contributed by atoms with Gasteiger partial charge < -0.3 is 5.73 Å². The topological polar surface area (TPSA) is 110 Å². The second-order valence-electron chi connectivity index (χ2n) is 5.10. The minimum atomic E-state index is -1.50. The van der Waals surface area contributed by atoms with E-state index in [1.165, 1.54) is 12.1 Å². The van der Waals surface area contributed by atoms with Crippen molar-refractivity contribution in [2.75, 3.05) is 6.54 Å². The van der Waals surface area contributed by atoms with Gasteiger partial charge >= 0.3 is 0 Å². The van der Waals surface area contributed by atoms with Crippen LogP contribution in [0.3, 0.4) is 0 Å². The number of nitrogens with two attached hydrogens (primary N) is 1. The number of carbonyl (C=O) groups is 4. The molecule has 1 fully saturated rings. The average Bonchev–Trinajstić information content (AvgIpc) is 2.74. The van der Waals surface area contributed by atoms with Crippen LogP contribution in [0.4, 0.5) is 0 Å². The molecule has 0 aromatic heterocycles. The van der Waals surface area contributed by atoms with Crippen LogP contribution in [-0.4, -0.2) is 40.6 Å². The molecule has 21 heavy (non-hydrogen) atoms. The number of fused-ring (bicyclic) bond motifs is 1. The van der Waals surface area contributed by atoms with Crippen molar-refractivity contribution in [3.05, 3.63) is 35.4 Å². The molecule has 7 heteroatoms. The second kappa shape index (κ2) is 4.49. The van der Waals surface area contributed by atoms with Gasteiger partial charge in [0, 0.05) is 13.0 Å². The largest absolute Gasteiger partial charge is 0.328 e. The first-order valence-corrected chi connectivity index (χ1v) is 6.53. The smallest absolute Gasteiger partial charge is 0.262 e. The Labute approximate surface area is 120 Å². The third kappa shape index (κ3) is 1.71. The van der Waals surface area contributed by atoms with Gasteiger partial charge in [-0.25, -0.2) is 0 Å². The predicted octanol–water partition coefficient (Wildman–Crippen LogP) is -0.583. The van der Waals surface area contributed by atoms with E-state index in [9.17, 15) is 19.2 Å². The highest BCUT2D eigenvalue weighted by atomic mass is 16.2. The molecule has 1 unspecified atom stereocenters. The van der Waals surface area contributed by atoms with E-state index < -0.39 is 29.2 Å². The average molecular weight is 287 g/mol. The second-order valence-corrected chi connectivity index (χ2v) is 5.10. The Hall–Kier alpha value is -2.54. The van der Waals surface area contributed by atoms with Crippen molar-refractivity contribution in [1.82, 2.24) is 10.2 Å². The van der Waals surface area contributed by atoms with Gasteiger partial charge in [0.05, 0.1) is 11.1 Å². The highest BCUT2D eigenvalue weighted by molar-refractivity contribution is 6.24. The minimum Gasteiger partial charge on any atom is -0.328 e. The lowest BCUT2D eigenvalue weighted by Gasteiger charge is -2.40. The number of benzene rings is 1. The van der Waals surface area contributed by atoms with Gasteiger partial charge in [-0.15, -0.1) is 0 Å². The lowest BCUT2D eigenvalue weighted by atomic mass is 9.87. The molecule has 0 bridgehead atoms. The Morgan fingerprint density at radius 1 is 1.10 bits per heavy atom. The molecule has 2 aliphatic heterocycles. The standard InChI is InChI=1S/C14H13N3O4/c15-7-14(6-5-10(18)16-13(14)21)17-11(19)8-3-1-2-4-9(8)12(17)20/h1-4H,5-7,15H2,(H,16,18,21). The van der Waals surface area contributed by atoms with Gasteiger partial charge in [0.25, 0.3) is 17.7 Å². The first-order valence-electron chi connectivity index (χ1n) is 6.53. The molecule has 7 nitrogen and oxygen atoms in total. The normalized spacial score (nSPS) is 25.1. The number of amides is 4. The first-order chi connectivity index (χ1) is 10.0. The zero-order chi connectivity index (χ0) is 15.2. The van der Waals surface area contributed by atoms with Crippen LogP contribution in [0.5, 0.6) is 0 Å². The van der Waals surface area contributed by atoms with Gasteiger partial charge in [-0.3, -0.25) is 29.4 Å². The lowest BCUT2D eigenvalue weighted by Crippen LogP contribution is -2.67. The molecule has 0 saturated carbocycles. The van der Waals surface area contributed by atoms with Crippen molar-refractivity contribution in [3.63, 3.8) is 0 Å². The molecule has 4 amide bonds. The van der Waals surface area contributed by atoms with E-state index in [0.717, 1.165) is 4.90 Å². The molecule has 1 aromatic rings. The van der Waals surface area contributed by atoms with Crippen molar-refractivity contribution < 1.29 is 19.2 Å². The molecule has 3 N–H and O–H groups in total. The number of rotatable bonds is 2. The van der Waals surface area contributed by atoms with E-state index in [1.54, 1.807) is 12.1 Å². The summed E-state index contributed by atoms with van der Waals surface area (Å²) in [5, 5.41) is 2.16. The van der Waals surface area contributed by atoms with Crippen LogP contribution in [0.2, 0.25) is 0 Å². The molecule has 0 spiro atoms. The summed E-state index contributed by atoms with van der Waals surface area (Å²) in [5.41, 5.74) is 4.70. The number of nitrogens with zero attached hydrogens (tertiary/aromatic N) is 1. The maximum absolute atomic E-state index is 12.5. The van der Waals surface area contributed by atoms with E-state index in [2.05, 4.69) is 5.32 Å². The number of nitrogens with one attached hydrogen (secondary N) is 1. The van der Waals surface area contributed by atoms with E-state index in [0.29, 0.717) is 0 Å². The molecule has 0 aliphatic carbocycles. The van der Waals surface area contributed by atoms with Crippen LogP contribution in [0.25, 0.3) is 0 Å². The van der Waals surface area contributed by atoms with Crippen LogP contribution >= 0.6 is 0 Å². The Morgan fingerprint density at radius 3 is 2.14 bits per heavy atom. The summed E-state index contributed by atoms with van der Waals surface area (Å²) in [6.07, 6.45) is 0.0793. The fraction of sp³-hybridized carbons (Fsp3) is 0.286. The van der Waals surface area contributed by atoms with Gasteiger partial charge in [-0.2, -0.15) is 0 Å². The molecule has 1 atom stereocenters. The molecule has 1 aromatic carbocycles. The van der Waals surface area contributed by atoms with Crippen LogP contribution in [0, 0.1) is 0 Å². The van der Waals surface area contributed by atoms with Crippen LogP contribution in [-0.2, 0) is 9.59 Å². The van der Waals surface area contributed by atoms with E-state index >= 15 is 0 Å². The van der Waals surface area contributed by atoms with Crippen molar-refractivity contribution in [2.45, 2.75) is 18.4 Å². The molecule has 0 radical (unpaired) electrons. The number of imide groups is 2. The van der Waals surface area contributed by atoms with Crippen molar-refractivity contribution in [2.24, 2.45) is 5.73 Å². The quantitative estimate of drug-likeness (QED) is 0.707. The zero-order valence-electron chi connectivity index (χ0n) is 11.1. The molecule has 2 aliphatic rings. The molecular weight excluding hydrogens is 274 g/mol. The van der Waals surface area contributed by atoms with Gasteiger partial charge in [0.1, 0.15) is 5.54 Å². The summed E-state index contributed by atoms with van der Waals surface area (Å²) in [5.74, 6) is -2.23. The van der Waals surface area contributed by atoms with Gasteiger partial charge in [0.15, 0.2) is 0 Å². The monoisotopic (exact) mass is 287 g/mol. The van der Waals surface area contributed by atoms with E-state index in [4.69, 9.17) is 5.73 Å². The van der Waals surface area contributed by atoms with Crippen LogP contribution in [0.1, 0.15) is 33.6 Å². The number of piperidine rings is 1. The molecule has 3 rings (SSSR count).